The predicted octanol–water partition coefficient (Wildman–Crippen LogP) is 4.36. The molecule has 0 spiro atoms. The molecule has 0 saturated heterocycles. The van der Waals surface area contributed by atoms with Crippen molar-refractivity contribution in [3.63, 3.8) is 0 Å². The Morgan fingerprint density at radius 3 is 2.21 bits per heavy atom. The van der Waals surface area contributed by atoms with Gasteiger partial charge in [0.1, 0.15) is 18.1 Å². The van der Waals surface area contributed by atoms with Crippen LogP contribution >= 0.6 is 0 Å². The number of sulfonamides is 1. The summed E-state index contributed by atoms with van der Waals surface area (Å²) in [4.78, 5) is 14.8. The standard InChI is InChI=1S/C23H23N5O5S/c24-28-25-15-19(27-23(29)32-17-18-7-3-1-4-8-18)16-26-34(30,31)22-13-11-21(12-14-22)33-20-9-5-2-6-10-20/h1-14,19,26H,15-17H2,(H,27,29)/t19-/m1/s1. The summed E-state index contributed by atoms with van der Waals surface area (Å²) in [5, 5.41) is 5.94. The van der Waals surface area contributed by atoms with Gasteiger partial charge in [-0.1, -0.05) is 53.6 Å². The molecule has 3 rings (SSSR count). The third-order valence-electron chi connectivity index (χ3n) is 4.53. The molecule has 0 saturated carbocycles. The van der Waals surface area contributed by atoms with Crippen molar-refractivity contribution >= 4 is 16.1 Å². The van der Waals surface area contributed by atoms with Crippen molar-refractivity contribution in [1.82, 2.24) is 10.0 Å². The highest BCUT2D eigenvalue weighted by Gasteiger charge is 2.19. The van der Waals surface area contributed by atoms with Gasteiger partial charge in [-0.3, -0.25) is 0 Å². The third-order valence-corrected chi connectivity index (χ3v) is 5.97. The van der Waals surface area contributed by atoms with Crippen molar-refractivity contribution in [2.24, 2.45) is 5.11 Å². The fraction of sp³-hybridized carbons (Fsp3) is 0.174. The van der Waals surface area contributed by atoms with E-state index < -0.39 is 22.2 Å². The first kappa shape index (κ1) is 24.6. The van der Waals surface area contributed by atoms with E-state index in [0.717, 1.165) is 5.56 Å². The zero-order chi connectivity index (χ0) is 24.2. The molecule has 11 heteroatoms. The van der Waals surface area contributed by atoms with E-state index in [1.54, 1.807) is 24.3 Å². The number of ether oxygens (including phenoxy) is 2. The molecule has 0 heterocycles. The molecule has 0 fully saturated rings. The minimum absolute atomic E-state index is 0.0158. The molecule has 3 aromatic carbocycles. The summed E-state index contributed by atoms with van der Waals surface area (Å²) in [5.41, 5.74) is 9.40. The lowest BCUT2D eigenvalue weighted by molar-refractivity contribution is 0.136. The molecule has 0 radical (unpaired) electrons. The molecular weight excluding hydrogens is 458 g/mol. The first-order chi connectivity index (χ1) is 16.5. The van der Waals surface area contributed by atoms with Gasteiger partial charge in [-0.2, -0.15) is 0 Å². The lowest BCUT2D eigenvalue weighted by Gasteiger charge is -2.17. The van der Waals surface area contributed by atoms with E-state index in [0.29, 0.717) is 11.5 Å². The van der Waals surface area contributed by atoms with Gasteiger partial charge in [0.25, 0.3) is 0 Å². The zero-order valence-electron chi connectivity index (χ0n) is 18.1. The van der Waals surface area contributed by atoms with E-state index in [9.17, 15) is 13.2 Å². The molecule has 1 amide bonds. The summed E-state index contributed by atoms with van der Waals surface area (Å²) in [5.74, 6) is 1.11. The molecule has 1 atom stereocenters. The second kappa shape index (κ2) is 12.3. The minimum atomic E-state index is -3.89. The van der Waals surface area contributed by atoms with Crippen LogP contribution < -0.4 is 14.8 Å². The smallest absolute Gasteiger partial charge is 0.407 e. The molecular formula is C23H23N5O5S. The number of nitrogens with zero attached hydrogens (tertiary/aromatic N) is 3. The van der Waals surface area contributed by atoms with Gasteiger partial charge in [0.05, 0.1) is 10.9 Å². The average Bonchev–Trinajstić information content (AvgIpc) is 2.86. The topological polar surface area (TPSA) is 142 Å². The summed E-state index contributed by atoms with van der Waals surface area (Å²) in [6.45, 7) is -0.322. The Hall–Kier alpha value is -4.05. The number of nitrogens with one attached hydrogen (secondary N) is 2. The maximum Gasteiger partial charge on any atom is 0.407 e. The van der Waals surface area contributed by atoms with Crippen LogP contribution in [-0.2, 0) is 21.4 Å². The Balaban J connectivity index is 1.56. The van der Waals surface area contributed by atoms with Crippen LogP contribution in [0, 0.1) is 0 Å². The van der Waals surface area contributed by atoms with Gasteiger partial charge in [-0.05, 0) is 47.5 Å². The maximum absolute atomic E-state index is 12.7. The molecule has 0 aliphatic rings. The average molecular weight is 482 g/mol. The van der Waals surface area contributed by atoms with E-state index in [1.807, 2.05) is 36.4 Å². The molecule has 0 aliphatic heterocycles. The number of hydrogen-bond donors (Lipinski definition) is 2. The monoisotopic (exact) mass is 481 g/mol. The largest absolute Gasteiger partial charge is 0.457 e. The molecule has 0 unspecified atom stereocenters. The number of carbonyl (C=O) groups is 1. The quantitative estimate of drug-likeness (QED) is 0.238. The van der Waals surface area contributed by atoms with Gasteiger partial charge in [0.2, 0.25) is 10.0 Å². The van der Waals surface area contributed by atoms with Crippen molar-refractivity contribution in [2.75, 3.05) is 13.1 Å². The highest BCUT2D eigenvalue weighted by atomic mass is 32.2. The molecule has 10 nitrogen and oxygen atoms in total. The lowest BCUT2D eigenvalue weighted by Crippen LogP contribution is -2.45. The Bertz CT molecular complexity index is 1220. The van der Waals surface area contributed by atoms with Gasteiger partial charge < -0.3 is 14.8 Å². The Labute approximate surface area is 197 Å². The molecule has 0 aromatic heterocycles. The maximum atomic E-state index is 12.7. The SMILES string of the molecule is [N-]=[N+]=NC[C@H](CNS(=O)(=O)c1ccc(Oc2ccccc2)cc1)NC(=O)OCc1ccccc1. The van der Waals surface area contributed by atoms with Crippen LogP contribution in [0.25, 0.3) is 10.4 Å². The molecule has 34 heavy (non-hydrogen) atoms. The predicted molar refractivity (Wildman–Crippen MR) is 126 cm³/mol. The van der Waals surface area contributed by atoms with Gasteiger partial charge >= 0.3 is 6.09 Å². The van der Waals surface area contributed by atoms with Gasteiger partial charge in [-0.15, -0.1) is 0 Å². The van der Waals surface area contributed by atoms with Gasteiger partial charge in [-0.25, -0.2) is 17.9 Å². The summed E-state index contributed by atoms with van der Waals surface area (Å²) < 4.78 is 38.6. The van der Waals surface area contributed by atoms with Crippen LogP contribution in [0.3, 0.4) is 0 Å². The van der Waals surface area contributed by atoms with Gasteiger partial charge in [0.15, 0.2) is 0 Å². The number of hydrogen-bond acceptors (Lipinski definition) is 6. The summed E-state index contributed by atoms with van der Waals surface area (Å²) in [6.07, 6.45) is -0.761. The normalized spacial score (nSPS) is 11.6. The Morgan fingerprint density at radius 1 is 0.941 bits per heavy atom. The van der Waals surface area contributed by atoms with Crippen molar-refractivity contribution in [1.29, 1.82) is 0 Å². The summed E-state index contributed by atoms with van der Waals surface area (Å²) in [6, 6.07) is 23.3. The number of amides is 1. The summed E-state index contributed by atoms with van der Waals surface area (Å²) >= 11 is 0. The van der Waals surface area contributed by atoms with Crippen LogP contribution in [0.5, 0.6) is 11.5 Å². The second-order valence-corrected chi connectivity index (χ2v) is 8.82. The fourth-order valence-electron chi connectivity index (χ4n) is 2.83. The lowest BCUT2D eigenvalue weighted by atomic mass is 10.2. The third kappa shape index (κ3) is 7.82. The molecule has 2 N–H and O–H groups in total. The number of rotatable bonds is 11. The summed E-state index contributed by atoms with van der Waals surface area (Å²) in [7, 11) is -3.89. The van der Waals surface area contributed by atoms with E-state index in [1.165, 1.54) is 24.3 Å². The van der Waals surface area contributed by atoms with Crippen molar-refractivity contribution in [3.05, 3.63) is 101 Å². The second-order valence-electron chi connectivity index (χ2n) is 7.05. The number of azide groups is 1. The van der Waals surface area contributed by atoms with Crippen molar-refractivity contribution in [2.45, 2.75) is 17.5 Å². The first-order valence-electron chi connectivity index (χ1n) is 10.3. The van der Waals surface area contributed by atoms with Crippen LogP contribution in [0.2, 0.25) is 0 Å². The van der Waals surface area contributed by atoms with Crippen LogP contribution in [-0.4, -0.2) is 33.6 Å². The van der Waals surface area contributed by atoms with E-state index in [4.69, 9.17) is 15.0 Å². The van der Waals surface area contributed by atoms with Crippen LogP contribution in [0.1, 0.15) is 5.56 Å². The number of benzene rings is 3. The Kier molecular flexibility index (Phi) is 8.87. The molecule has 0 aliphatic carbocycles. The van der Waals surface area contributed by atoms with Crippen LogP contribution in [0.4, 0.5) is 4.79 Å². The minimum Gasteiger partial charge on any atom is -0.457 e. The van der Waals surface area contributed by atoms with Crippen molar-refractivity contribution < 1.29 is 22.7 Å². The highest BCUT2D eigenvalue weighted by molar-refractivity contribution is 7.89. The van der Waals surface area contributed by atoms with E-state index >= 15 is 0 Å². The molecule has 0 bridgehead atoms. The zero-order valence-corrected chi connectivity index (χ0v) is 18.9. The van der Waals surface area contributed by atoms with Crippen LogP contribution in [0.15, 0.2) is 94.9 Å². The van der Waals surface area contributed by atoms with Crippen molar-refractivity contribution in [3.8, 4) is 11.5 Å². The molecule has 3 aromatic rings. The van der Waals surface area contributed by atoms with E-state index in [-0.39, 0.29) is 24.6 Å². The highest BCUT2D eigenvalue weighted by Crippen LogP contribution is 2.22. The van der Waals surface area contributed by atoms with Gasteiger partial charge in [0, 0.05) is 18.0 Å². The number of alkyl carbamates (subject to hydrolysis) is 1. The first-order valence-corrected chi connectivity index (χ1v) is 11.8. The number of carbonyl (C=O) groups excluding carboxylic acids is 1. The molecule has 176 valence electrons. The fourth-order valence-corrected chi connectivity index (χ4v) is 3.91. The van der Waals surface area contributed by atoms with E-state index in [2.05, 4.69) is 20.1 Å². The number of para-hydroxylation sites is 1. The Morgan fingerprint density at radius 2 is 1.56 bits per heavy atom.